The lowest BCUT2D eigenvalue weighted by Crippen LogP contribution is -2.54. The number of carbonyl (C=O) groups excluding carboxylic acids is 1. The van der Waals surface area contributed by atoms with E-state index in [2.05, 4.69) is 26.8 Å². The Kier molecular flexibility index (Phi) is 4.83. The molecule has 8 nitrogen and oxygen atoms in total. The van der Waals surface area contributed by atoms with E-state index in [1.165, 1.54) is 0 Å². The van der Waals surface area contributed by atoms with Crippen LogP contribution in [0.1, 0.15) is 6.92 Å². The molecule has 5 aromatic rings. The first-order valence-corrected chi connectivity index (χ1v) is 11.9. The van der Waals surface area contributed by atoms with E-state index < -0.39 is 0 Å². The summed E-state index contributed by atoms with van der Waals surface area (Å²) in [5, 5.41) is 2.19. The summed E-state index contributed by atoms with van der Waals surface area (Å²) < 4.78 is 1.98. The minimum absolute atomic E-state index is 0.0943. The largest absolute Gasteiger partial charge is 0.358 e. The Morgan fingerprint density at radius 3 is 3.00 bits per heavy atom. The van der Waals surface area contributed by atoms with Gasteiger partial charge in [0.25, 0.3) is 0 Å². The maximum absolute atomic E-state index is 13.1. The van der Waals surface area contributed by atoms with Gasteiger partial charge in [-0.05, 0) is 31.2 Å². The van der Waals surface area contributed by atoms with Crippen LogP contribution in [0.4, 0.5) is 5.00 Å². The molecule has 33 heavy (non-hydrogen) atoms. The second kappa shape index (κ2) is 8.00. The van der Waals surface area contributed by atoms with Gasteiger partial charge in [0.05, 0.1) is 28.3 Å². The Labute approximate surface area is 194 Å². The van der Waals surface area contributed by atoms with Crippen LogP contribution in [0.15, 0.2) is 60.5 Å². The topological polar surface area (TPSA) is 82.9 Å². The second-order valence-corrected chi connectivity index (χ2v) is 9.20. The molecule has 0 bridgehead atoms. The van der Waals surface area contributed by atoms with E-state index in [0.29, 0.717) is 13.1 Å². The first-order chi connectivity index (χ1) is 16.2. The smallest absolute Gasteiger partial charge is 0.242 e. The molecule has 1 aliphatic heterocycles. The second-order valence-electron chi connectivity index (χ2n) is 8.37. The molecule has 9 heteroatoms. The van der Waals surface area contributed by atoms with Gasteiger partial charge < -0.3 is 19.4 Å². The number of para-hydroxylation sites is 2. The van der Waals surface area contributed by atoms with E-state index in [0.717, 1.165) is 51.5 Å². The number of hydrogen-bond acceptors (Lipinski definition) is 6. The molecule has 0 aliphatic carbocycles. The first-order valence-electron chi connectivity index (χ1n) is 11.0. The van der Waals surface area contributed by atoms with Gasteiger partial charge >= 0.3 is 0 Å². The average Bonchev–Trinajstić information content (AvgIpc) is 3.57. The lowest BCUT2D eigenvalue weighted by Gasteiger charge is -2.40. The van der Waals surface area contributed by atoms with E-state index in [4.69, 9.17) is 4.98 Å². The van der Waals surface area contributed by atoms with Crippen LogP contribution in [0.5, 0.6) is 0 Å². The molecular formula is C24H23N7OS. The number of thiazole rings is 1. The Morgan fingerprint density at radius 1 is 1.21 bits per heavy atom. The van der Waals surface area contributed by atoms with Gasteiger partial charge in [-0.25, -0.2) is 9.97 Å². The Bertz CT molecular complexity index is 1420. The van der Waals surface area contributed by atoms with Gasteiger partial charge in [0.15, 0.2) is 5.82 Å². The molecule has 1 atom stereocenters. The molecule has 1 aromatic carbocycles. The number of imidazole rings is 1. The molecule has 1 aliphatic rings. The number of aromatic amines is 1. The molecule has 5 heterocycles. The number of anilines is 1. The molecule has 6 rings (SSSR count). The zero-order valence-electron chi connectivity index (χ0n) is 18.2. The Morgan fingerprint density at radius 2 is 2.12 bits per heavy atom. The highest BCUT2D eigenvalue weighted by molar-refractivity contribution is 7.14. The van der Waals surface area contributed by atoms with Crippen LogP contribution >= 0.6 is 11.3 Å². The molecule has 0 saturated carbocycles. The average molecular weight is 458 g/mol. The van der Waals surface area contributed by atoms with Crippen molar-refractivity contribution >= 4 is 44.2 Å². The molecule has 0 spiro atoms. The number of nitrogens with one attached hydrogen (secondary N) is 1. The molecule has 0 radical (unpaired) electrons. The summed E-state index contributed by atoms with van der Waals surface area (Å²) in [6.45, 7) is 4.63. The lowest BCUT2D eigenvalue weighted by molar-refractivity contribution is -0.134. The monoisotopic (exact) mass is 457 g/mol. The van der Waals surface area contributed by atoms with E-state index in [1.54, 1.807) is 17.5 Å². The highest BCUT2D eigenvalue weighted by atomic mass is 32.1. The zero-order valence-corrected chi connectivity index (χ0v) is 19.0. The van der Waals surface area contributed by atoms with Gasteiger partial charge in [0.2, 0.25) is 5.91 Å². The van der Waals surface area contributed by atoms with E-state index in [1.807, 2.05) is 63.8 Å². The quantitative estimate of drug-likeness (QED) is 0.444. The van der Waals surface area contributed by atoms with Crippen molar-refractivity contribution in [3.05, 3.63) is 60.5 Å². The van der Waals surface area contributed by atoms with Crippen LogP contribution in [0.25, 0.3) is 33.5 Å². The Hall–Kier alpha value is -3.72. The molecular weight excluding hydrogens is 434 g/mol. The minimum Gasteiger partial charge on any atom is -0.358 e. The summed E-state index contributed by atoms with van der Waals surface area (Å²) in [5.41, 5.74) is 5.66. The molecule has 166 valence electrons. The van der Waals surface area contributed by atoms with Crippen molar-refractivity contribution in [2.45, 2.75) is 19.5 Å². The molecule has 4 aromatic heterocycles. The molecule has 1 saturated heterocycles. The van der Waals surface area contributed by atoms with Crippen molar-refractivity contribution < 1.29 is 4.79 Å². The highest BCUT2D eigenvalue weighted by Crippen LogP contribution is 2.34. The number of carbonyl (C=O) groups is 1. The highest BCUT2D eigenvalue weighted by Gasteiger charge is 2.30. The van der Waals surface area contributed by atoms with Crippen molar-refractivity contribution in [2.75, 3.05) is 24.5 Å². The fraction of sp³-hybridized carbons (Fsp3) is 0.250. The predicted molar refractivity (Wildman–Crippen MR) is 130 cm³/mol. The van der Waals surface area contributed by atoms with Gasteiger partial charge in [-0.1, -0.05) is 12.1 Å². The van der Waals surface area contributed by atoms with Crippen LogP contribution < -0.4 is 4.90 Å². The van der Waals surface area contributed by atoms with Crippen LogP contribution in [0.3, 0.4) is 0 Å². The number of piperazine rings is 1. The van der Waals surface area contributed by atoms with Crippen molar-refractivity contribution in [3.8, 4) is 11.5 Å². The summed E-state index contributed by atoms with van der Waals surface area (Å²) >= 11 is 1.62. The minimum atomic E-state index is 0.0943. The van der Waals surface area contributed by atoms with Crippen LogP contribution in [0.2, 0.25) is 0 Å². The number of H-pyrrole nitrogens is 1. The molecule has 1 N–H and O–H groups in total. The Balaban J connectivity index is 1.19. The number of pyridine rings is 1. The van der Waals surface area contributed by atoms with Crippen molar-refractivity contribution in [1.82, 2.24) is 29.4 Å². The number of benzene rings is 1. The fourth-order valence-corrected chi connectivity index (χ4v) is 5.44. The fourth-order valence-electron chi connectivity index (χ4n) is 4.61. The summed E-state index contributed by atoms with van der Waals surface area (Å²) in [6, 6.07) is 12.1. The third kappa shape index (κ3) is 3.54. The normalized spacial score (nSPS) is 16.7. The van der Waals surface area contributed by atoms with Crippen molar-refractivity contribution in [1.29, 1.82) is 0 Å². The van der Waals surface area contributed by atoms with Crippen molar-refractivity contribution in [3.63, 3.8) is 0 Å². The summed E-state index contributed by atoms with van der Waals surface area (Å²) in [6.07, 6.45) is 5.55. The standard InChI is InChI=1S/C24H23N7OS/c1-16-13-30(24-22(26-15-33-24)23-27-18-4-2-3-5-19(18)28-23)10-11-31(16)21(32)14-29-9-7-17-6-8-25-12-20(17)29/h2-9,12,15-16H,10-11,13-14H2,1H3,(H,27,28). The van der Waals surface area contributed by atoms with Crippen LogP contribution in [-0.2, 0) is 11.3 Å². The number of amides is 1. The van der Waals surface area contributed by atoms with Crippen LogP contribution in [-0.4, -0.2) is 61.0 Å². The number of hydrogen-bond donors (Lipinski definition) is 1. The SMILES string of the molecule is CC1CN(c2scnc2-c2nc3ccccc3[nH]2)CCN1C(=O)Cn1ccc2ccncc21. The van der Waals surface area contributed by atoms with Gasteiger partial charge in [0.1, 0.15) is 17.2 Å². The van der Waals surface area contributed by atoms with Crippen molar-refractivity contribution in [2.24, 2.45) is 0 Å². The van der Waals surface area contributed by atoms with Gasteiger partial charge in [-0.2, -0.15) is 0 Å². The number of aromatic nitrogens is 5. The first kappa shape index (κ1) is 19.9. The van der Waals surface area contributed by atoms with E-state index in [9.17, 15) is 4.79 Å². The zero-order chi connectivity index (χ0) is 22.4. The van der Waals surface area contributed by atoms with E-state index in [-0.39, 0.29) is 11.9 Å². The lowest BCUT2D eigenvalue weighted by atomic mass is 10.2. The predicted octanol–water partition coefficient (Wildman–Crippen LogP) is 3.77. The number of nitrogens with zero attached hydrogens (tertiary/aromatic N) is 6. The van der Waals surface area contributed by atoms with Crippen LogP contribution in [0, 0.1) is 0 Å². The summed E-state index contributed by atoms with van der Waals surface area (Å²) in [4.78, 5) is 34.4. The molecule has 1 amide bonds. The van der Waals surface area contributed by atoms with Gasteiger partial charge in [-0.3, -0.25) is 9.78 Å². The third-order valence-electron chi connectivity index (χ3n) is 6.28. The third-order valence-corrected chi connectivity index (χ3v) is 7.16. The summed E-state index contributed by atoms with van der Waals surface area (Å²) in [7, 11) is 0. The number of fused-ring (bicyclic) bond motifs is 2. The van der Waals surface area contributed by atoms with E-state index >= 15 is 0 Å². The summed E-state index contributed by atoms with van der Waals surface area (Å²) in [5.74, 6) is 0.914. The maximum Gasteiger partial charge on any atom is 0.242 e. The van der Waals surface area contributed by atoms with Gasteiger partial charge in [-0.15, -0.1) is 11.3 Å². The molecule has 1 unspecified atom stereocenters. The van der Waals surface area contributed by atoms with Gasteiger partial charge in [0, 0.05) is 43.5 Å². The number of rotatable bonds is 4. The maximum atomic E-state index is 13.1. The molecule has 1 fully saturated rings.